The van der Waals surface area contributed by atoms with Gasteiger partial charge in [0.1, 0.15) is 11.9 Å². The molecule has 2 aromatic rings. The van der Waals surface area contributed by atoms with Crippen molar-refractivity contribution in [3.05, 3.63) is 41.8 Å². The zero-order valence-electron chi connectivity index (χ0n) is 18.1. The summed E-state index contributed by atoms with van der Waals surface area (Å²) in [6, 6.07) is 6.28. The van der Waals surface area contributed by atoms with Gasteiger partial charge in [0.25, 0.3) is 5.91 Å². The van der Waals surface area contributed by atoms with E-state index in [4.69, 9.17) is 4.74 Å². The molecule has 8 nitrogen and oxygen atoms in total. The molecule has 0 spiro atoms. The van der Waals surface area contributed by atoms with Crippen LogP contribution in [0.3, 0.4) is 0 Å². The predicted molar refractivity (Wildman–Crippen MR) is 114 cm³/mol. The number of carbonyl (C=O) groups is 1. The van der Waals surface area contributed by atoms with Crippen LogP contribution in [0.2, 0.25) is 0 Å². The lowest BCUT2D eigenvalue weighted by Crippen LogP contribution is -2.48. The fourth-order valence-electron chi connectivity index (χ4n) is 3.33. The van der Waals surface area contributed by atoms with Crippen LogP contribution in [0.1, 0.15) is 44.1 Å². The zero-order chi connectivity index (χ0) is 22.8. The number of aromatic nitrogens is 2. The molecule has 10 heteroatoms. The Morgan fingerprint density at radius 2 is 1.84 bits per heavy atom. The Labute approximate surface area is 181 Å². The minimum atomic E-state index is -3.54. The van der Waals surface area contributed by atoms with Crippen LogP contribution in [0.25, 0.3) is 0 Å². The highest BCUT2D eigenvalue weighted by Gasteiger charge is 2.28. The average Bonchev–Trinajstić information content (AvgIpc) is 2.69. The molecule has 1 aliphatic heterocycles. The number of amides is 1. The lowest BCUT2D eigenvalue weighted by atomic mass is 9.99. The molecule has 1 aromatic carbocycles. The topological polar surface area (TPSA) is 101 Å². The number of nitrogens with one attached hydrogen (secondary N) is 1. The molecule has 1 N–H and O–H groups in total. The van der Waals surface area contributed by atoms with E-state index in [9.17, 15) is 17.6 Å². The molecule has 0 bridgehead atoms. The average molecular weight is 451 g/mol. The van der Waals surface area contributed by atoms with Gasteiger partial charge in [0, 0.05) is 31.0 Å². The van der Waals surface area contributed by atoms with E-state index in [1.807, 2.05) is 0 Å². The highest BCUT2D eigenvalue weighted by Crippen LogP contribution is 2.23. The van der Waals surface area contributed by atoms with Crippen molar-refractivity contribution in [3.8, 4) is 5.88 Å². The summed E-state index contributed by atoms with van der Waals surface area (Å²) in [5.74, 6) is -1.19. The second-order valence-corrected chi connectivity index (χ2v) is 10.6. The summed E-state index contributed by atoms with van der Waals surface area (Å²) < 4.78 is 43.0. The van der Waals surface area contributed by atoms with E-state index in [2.05, 4.69) is 41.2 Å². The number of likely N-dealkylation sites (tertiary alicyclic amines) is 1. The van der Waals surface area contributed by atoms with E-state index < -0.39 is 21.6 Å². The molecule has 3 rings (SSSR count). The SMILES string of the molecule is CC(C)(C)N1CCC(Oc2ccc(C(=O)Nc3ccc(S(C)(=O)=O)cc3F)nn2)CC1. The molecule has 1 aromatic heterocycles. The van der Waals surface area contributed by atoms with E-state index in [1.165, 1.54) is 18.2 Å². The van der Waals surface area contributed by atoms with Crippen molar-refractivity contribution in [2.75, 3.05) is 24.7 Å². The van der Waals surface area contributed by atoms with E-state index in [0.717, 1.165) is 38.3 Å². The van der Waals surface area contributed by atoms with Crippen molar-refractivity contribution in [2.45, 2.75) is 50.2 Å². The van der Waals surface area contributed by atoms with Gasteiger partial charge in [0.15, 0.2) is 15.5 Å². The van der Waals surface area contributed by atoms with Crippen molar-refractivity contribution >= 4 is 21.4 Å². The van der Waals surface area contributed by atoms with Gasteiger partial charge in [-0.05, 0) is 57.9 Å². The molecule has 1 fully saturated rings. The standard InChI is InChI=1S/C21H27FN4O4S/c1-21(2,3)26-11-9-14(10-12-26)30-19-8-7-18(24-25-19)20(27)23-17-6-5-15(13-16(17)22)31(4,28)29/h5-8,13-14H,9-12H2,1-4H3,(H,23,27). The van der Waals surface area contributed by atoms with E-state index in [-0.39, 0.29) is 27.9 Å². The molecule has 0 radical (unpaired) electrons. The summed E-state index contributed by atoms with van der Waals surface area (Å²) in [4.78, 5) is 14.6. The van der Waals surface area contributed by atoms with Crippen molar-refractivity contribution in [1.82, 2.24) is 15.1 Å². The number of sulfone groups is 1. The molecule has 1 aliphatic rings. The van der Waals surface area contributed by atoms with Crippen LogP contribution in [0.5, 0.6) is 5.88 Å². The van der Waals surface area contributed by atoms with E-state index in [1.54, 1.807) is 6.07 Å². The minimum absolute atomic E-state index is 0.0125. The van der Waals surface area contributed by atoms with Crippen molar-refractivity contribution in [3.63, 3.8) is 0 Å². The summed E-state index contributed by atoms with van der Waals surface area (Å²) >= 11 is 0. The molecule has 0 aliphatic carbocycles. The van der Waals surface area contributed by atoms with Crippen molar-refractivity contribution in [2.24, 2.45) is 0 Å². The molecule has 2 heterocycles. The molecule has 168 valence electrons. The van der Waals surface area contributed by atoms with Crippen LogP contribution >= 0.6 is 0 Å². The quantitative estimate of drug-likeness (QED) is 0.747. The minimum Gasteiger partial charge on any atom is -0.473 e. The Kier molecular flexibility index (Phi) is 6.61. The number of halogens is 1. The Hall–Kier alpha value is -2.59. The lowest BCUT2D eigenvalue weighted by molar-refractivity contribution is 0.0468. The number of hydrogen-bond acceptors (Lipinski definition) is 7. The number of nitrogens with zero attached hydrogens (tertiary/aromatic N) is 3. The number of hydrogen-bond donors (Lipinski definition) is 1. The summed E-state index contributed by atoms with van der Waals surface area (Å²) in [5.41, 5.74) is -0.0312. The number of ether oxygens (including phenoxy) is 1. The first kappa shape index (κ1) is 23.1. The van der Waals surface area contributed by atoms with Gasteiger partial charge in [0.05, 0.1) is 10.6 Å². The normalized spacial score (nSPS) is 16.2. The van der Waals surface area contributed by atoms with Gasteiger partial charge < -0.3 is 10.1 Å². The van der Waals surface area contributed by atoms with Crippen molar-refractivity contribution < 1.29 is 22.3 Å². The third kappa shape index (κ3) is 5.98. The molecule has 1 saturated heterocycles. The fraction of sp³-hybridized carbons (Fsp3) is 0.476. The summed E-state index contributed by atoms with van der Waals surface area (Å²) in [5, 5.41) is 10.2. The van der Waals surface area contributed by atoms with Gasteiger partial charge >= 0.3 is 0 Å². The van der Waals surface area contributed by atoms with E-state index >= 15 is 0 Å². The van der Waals surface area contributed by atoms with Crippen LogP contribution in [-0.2, 0) is 9.84 Å². The smallest absolute Gasteiger partial charge is 0.276 e. The maximum absolute atomic E-state index is 14.1. The van der Waals surface area contributed by atoms with Gasteiger partial charge in [-0.3, -0.25) is 9.69 Å². The molecular formula is C21H27FN4O4S. The van der Waals surface area contributed by atoms with Gasteiger partial charge in [-0.15, -0.1) is 10.2 Å². The van der Waals surface area contributed by atoms with Crippen molar-refractivity contribution in [1.29, 1.82) is 0 Å². The molecule has 0 saturated carbocycles. The van der Waals surface area contributed by atoms with E-state index in [0.29, 0.717) is 5.88 Å². The maximum atomic E-state index is 14.1. The fourth-order valence-corrected chi connectivity index (χ4v) is 3.97. The van der Waals surface area contributed by atoms with Crippen LogP contribution < -0.4 is 10.1 Å². The monoisotopic (exact) mass is 450 g/mol. The Bertz CT molecular complexity index is 1040. The molecular weight excluding hydrogens is 423 g/mol. The number of piperidine rings is 1. The number of rotatable bonds is 5. The van der Waals surface area contributed by atoms with Crippen LogP contribution in [0, 0.1) is 5.82 Å². The maximum Gasteiger partial charge on any atom is 0.276 e. The number of anilines is 1. The highest BCUT2D eigenvalue weighted by molar-refractivity contribution is 7.90. The third-order valence-corrected chi connectivity index (χ3v) is 6.28. The van der Waals surface area contributed by atoms with Crippen LogP contribution in [0.15, 0.2) is 35.2 Å². The van der Waals surface area contributed by atoms with Gasteiger partial charge in [0.2, 0.25) is 5.88 Å². The third-order valence-electron chi connectivity index (χ3n) is 5.17. The second kappa shape index (κ2) is 8.88. The highest BCUT2D eigenvalue weighted by atomic mass is 32.2. The molecule has 1 amide bonds. The van der Waals surface area contributed by atoms with Gasteiger partial charge in [-0.2, -0.15) is 0 Å². The van der Waals surface area contributed by atoms with Crippen LogP contribution in [-0.4, -0.2) is 60.4 Å². The second-order valence-electron chi connectivity index (χ2n) is 8.60. The number of carbonyl (C=O) groups excluding carboxylic acids is 1. The first-order valence-electron chi connectivity index (χ1n) is 10.00. The zero-order valence-corrected chi connectivity index (χ0v) is 18.9. The lowest BCUT2D eigenvalue weighted by Gasteiger charge is -2.40. The predicted octanol–water partition coefficient (Wildman–Crippen LogP) is 2.91. The molecule has 0 atom stereocenters. The molecule has 31 heavy (non-hydrogen) atoms. The van der Waals surface area contributed by atoms with Crippen LogP contribution in [0.4, 0.5) is 10.1 Å². The Morgan fingerprint density at radius 1 is 1.16 bits per heavy atom. The summed E-state index contributed by atoms with van der Waals surface area (Å²) in [6.45, 7) is 8.44. The first-order valence-corrected chi connectivity index (χ1v) is 11.9. The Morgan fingerprint density at radius 3 is 2.35 bits per heavy atom. The van der Waals surface area contributed by atoms with Gasteiger partial charge in [-0.1, -0.05) is 0 Å². The van der Waals surface area contributed by atoms with Gasteiger partial charge in [-0.25, -0.2) is 12.8 Å². The summed E-state index contributed by atoms with van der Waals surface area (Å²) in [6.07, 6.45) is 2.77. The Balaban J connectivity index is 1.58. The first-order chi connectivity index (χ1) is 14.4. The molecule has 0 unspecified atom stereocenters. The largest absolute Gasteiger partial charge is 0.473 e. The number of benzene rings is 1. The summed E-state index contributed by atoms with van der Waals surface area (Å²) in [7, 11) is -3.54.